The van der Waals surface area contributed by atoms with Gasteiger partial charge in [0.2, 0.25) is 11.8 Å². The number of likely N-dealkylation sites (N-methyl/N-ethyl adjacent to an activating group) is 1. The molecule has 2 rings (SSSR count). The number of rotatable bonds is 9. The molecule has 2 amide bonds. The Morgan fingerprint density at radius 1 is 1.16 bits per heavy atom. The number of thioether (sulfide) groups is 1. The smallest absolute Gasteiger partial charge is 0.311 e. The molecule has 0 aliphatic heterocycles. The van der Waals surface area contributed by atoms with E-state index in [9.17, 15) is 19.7 Å². The highest BCUT2D eigenvalue weighted by atomic mass is 32.2. The van der Waals surface area contributed by atoms with Gasteiger partial charge in [0.15, 0.2) is 5.75 Å². The fourth-order valence-electron chi connectivity index (χ4n) is 3.19. The number of nitrogens with one attached hydrogen (secondary N) is 1. The molecule has 0 heterocycles. The molecule has 8 nitrogen and oxygen atoms in total. The minimum atomic E-state index is -0.498. The highest BCUT2D eigenvalue weighted by Crippen LogP contribution is 2.29. The molecule has 0 saturated carbocycles. The Hall–Kier alpha value is -3.07. The maximum atomic E-state index is 12.4. The van der Waals surface area contributed by atoms with Gasteiger partial charge in [-0.05, 0) is 43.5 Å². The van der Waals surface area contributed by atoms with Crippen molar-refractivity contribution in [3.63, 3.8) is 0 Å². The number of nitrogens with zero attached hydrogens (tertiary/aromatic N) is 2. The lowest BCUT2D eigenvalue weighted by Crippen LogP contribution is -2.36. The number of benzene rings is 2. The number of carbonyl (C=O) groups is 2. The van der Waals surface area contributed by atoms with Crippen molar-refractivity contribution < 1.29 is 19.2 Å². The Bertz CT molecular complexity index is 970. The zero-order valence-electron chi connectivity index (χ0n) is 18.4. The second-order valence-electron chi connectivity index (χ2n) is 7.33. The number of anilines is 1. The second kappa shape index (κ2) is 10.8. The third kappa shape index (κ3) is 6.71. The molecule has 0 atom stereocenters. The molecule has 1 N–H and O–H groups in total. The summed E-state index contributed by atoms with van der Waals surface area (Å²) in [5, 5.41) is 14.0. The lowest BCUT2D eigenvalue weighted by atomic mass is 10.1. The number of nitro groups is 1. The molecule has 0 aliphatic carbocycles. The van der Waals surface area contributed by atoms with Gasteiger partial charge in [0.05, 0.1) is 24.3 Å². The van der Waals surface area contributed by atoms with Gasteiger partial charge in [0.1, 0.15) is 0 Å². The molecule has 31 heavy (non-hydrogen) atoms. The van der Waals surface area contributed by atoms with Gasteiger partial charge in [-0.25, -0.2) is 0 Å². The molecular weight excluding hydrogens is 418 g/mol. The van der Waals surface area contributed by atoms with E-state index in [4.69, 9.17) is 4.74 Å². The van der Waals surface area contributed by atoms with Crippen molar-refractivity contribution in [2.75, 3.05) is 31.8 Å². The van der Waals surface area contributed by atoms with E-state index >= 15 is 0 Å². The molecule has 0 fully saturated rings. The SMILES string of the molecule is COc1ccc(CSCC(=O)N(C)CC(=O)Nc2c(C)cc(C)cc2C)cc1[N+](=O)[O-]. The van der Waals surface area contributed by atoms with Crippen molar-refractivity contribution >= 4 is 35.0 Å². The molecule has 0 unspecified atom stereocenters. The van der Waals surface area contributed by atoms with Crippen molar-refractivity contribution in [3.8, 4) is 5.75 Å². The van der Waals surface area contributed by atoms with E-state index in [1.165, 1.54) is 29.8 Å². The molecule has 2 aromatic carbocycles. The number of hydrogen-bond donors (Lipinski definition) is 1. The van der Waals surface area contributed by atoms with Crippen LogP contribution in [0, 0.1) is 30.9 Å². The minimum absolute atomic E-state index is 0.0554. The summed E-state index contributed by atoms with van der Waals surface area (Å²) < 4.78 is 4.99. The van der Waals surface area contributed by atoms with Crippen LogP contribution >= 0.6 is 11.8 Å². The van der Waals surface area contributed by atoms with Crippen molar-refractivity contribution in [2.45, 2.75) is 26.5 Å². The predicted molar refractivity (Wildman–Crippen MR) is 123 cm³/mol. The standard InChI is InChI=1S/C22H27N3O5S/c1-14-8-15(2)22(16(3)9-14)23-20(26)11-24(4)21(27)13-31-12-17-6-7-19(30-5)18(10-17)25(28)29/h6-10H,11-13H2,1-5H3,(H,23,26). The molecule has 9 heteroatoms. The molecule has 0 aromatic heterocycles. The van der Waals surface area contributed by atoms with Crippen LogP contribution in [0.1, 0.15) is 22.3 Å². The maximum Gasteiger partial charge on any atom is 0.311 e. The zero-order chi connectivity index (χ0) is 23.1. The quantitative estimate of drug-likeness (QED) is 0.465. The summed E-state index contributed by atoms with van der Waals surface area (Å²) in [7, 11) is 2.96. The lowest BCUT2D eigenvalue weighted by Gasteiger charge is -2.18. The first-order chi connectivity index (χ1) is 14.6. The topological polar surface area (TPSA) is 102 Å². The van der Waals surface area contributed by atoms with Crippen LogP contribution in [0.5, 0.6) is 5.75 Å². The average molecular weight is 446 g/mol. The van der Waals surface area contributed by atoms with E-state index in [1.54, 1.807) is 19.2 Å². The molecule has 0 aliphatic rings. The van der Waals surface area contributed by atoms with Gasteiger partial charge in [0, 0.05) is 24.6 Å². The van der Waals surface area contributed by atoms with E-state index in [1.807, 2.05) is 32.9 Å². The van der Waals surface area contributed by atoms with Gasteiger partial charge in [-0.3, -0.25) is 19.7 Å². The fourth-order valence-corrected chi connectivity index (χ4v) is 4.11. The van der Waals surface area contributed by atoms with Gasteiger partial charge < -0.3 is 15.0 Å². The Labute approximate surface area is 186 Å². The average Bonchev–Trinajstić information content (AvgIpc) is 2.70. The molecular formula is C22H27N3O5S. The van der Waals surface area contributed by atoms with Crippen LogP contribution in [0.25, 0.3) is 0 Å². The first-order valence-electron chi connectivity index (χ1n) is 9.63. The highest BCUT2D eigenvalue weighted by molar-refractivity contribution is 7.99. The van der Waals surface area contributed by atoms with Crippen LogP contribution in [0.3, 0.4) is 0 Å². The van der Waals surface area contributed by atoms with Crippen LogP contribution in [0.2, 0.25) is 0 Å². The summed E-state index contributed by atoms with van der Waals surface area (Å²) in [6, 6.07) is 8.71. The normalized spacial score (nSPS) is 10.5. The number of hydrogen-bond acceptors (Lipinski definition) is 6. The summed E-state index contributed by atoms with van der Waals surface area (Å²) in [5.41, 5.74) is 4.46. The van der Waals surface area contributed by atoms with Crippen LogP contribution in [-0.4, -0.2) is 48.1 Å². The Morgan fingerprint density at radius 3 is 2.39 bits per heavy atom. The van der Waals surface area contributed by atoms with Gasteiger partial charge in [-0.1, -0.05) is 23.8 Å². The van der Waals surface area contributed by atoms with Gasteiger partial charge in [-0.2, -0.15) is 0 Å². The molecule has 166 valence electrons. The number of ether oxygens (including phenoxy) is 1. The maximum absolute atomic E-state index is 12.4. The van der Waals surface area contributed by atoms with E-state index in [-0.39, 0.29) is 35.5 Å². The number of aryl methyl sites for hydroxylation is 3. The summed E-state index contributed by atoms with van der Waals surface area (Å²) in [5.74, 6) is 0.326. The van der Waals surface area contributed by atoms with E-state index < -0.39 is 4.92 Å². The van der Waals surface area contributed by atoms with E-state index in [0.717, 1.165) is 27.9 Å². The predicted octanol–water partition coefficient (Wildman–Crippen LogP) is 3.86. The molecule has 0 saturated heterocycles. The van der Waals surface area contributed by atoms with Crippen molar-refractivity contribution in [1.82, 2.24) is 4.90 Å². The van der Waals surface area contributed by atoms with Crippen LogP contribution in [0.15, 0.2) is 30.3 Å². The Kier molecular flexibility index (Phi) is 8.44. The van der Waals surface area contributed by atoms with Crippen molar-refractivity contribution in [1.29, 1.82) is 0 Å². The van der Waals surface area contributed by atoms with E-state index in [0.29, 0.717) is 5.75 Å². The van der Waals surface area contributed by atoms with Gasteiger partial charge >= 0.3 is 5.69 Å². The first-order valence-corrected chi connectivity index (χ1v) is 10.8. The summed E-state index contributed by atoms with van der Waals surface area (Å²) in [4.78, 5) is 36.7. The molecule has 0 bridgehead atoms. The number of methoxy groups -OCH3 is 1. The first kappa shape index (κ1) is 24.2. The van der Waals surface area contributed by atoms with Crippen LogP contribution in [-0.2, 0) is 15.3 Å². The Balaban J connectivity index is 1.87. The third-order valence-electron chi connectivity index (χ3n) is 4.68. The number of amides is 2. The highest BCUT2D eigenvalue weighted by Gasteiger charge is 2.17. The number of nitro benzene ring substituents is 1. The third-order valence-corrected chi connectivity index (χ3v) is 5.67. The fraction of sp³-hybridized carbons (Fsp3) is 0.364. The minimum Gasteiger partial charge on any atom is -0.490 e. The van der Waals surface area contributed by atoms with Crippen LogP contribution < -0.4 is 10.1 Å². The summed E-state index contributed by atoms with van der Waals surface area (Å²) >= 11 is 1.33. The lowest BCUT2D eigenvalue weighted by molar-refractivity contribution is -0.385. The molecule has 0 radical (unpaired) electrons. The van der Waals surface area contributed by atoms with Crippen LogP contribution in [0.4, 0.5) is 11.4 Å². The monoisotopic (exact) mass is 445 g/mol. The van der Waals surface area contributed by atoms with Crippen molar-refractivity contribution in [2.24, 2.45) is 0 Å². The number of carbonyl (C=O) groups excluding carboxylic acids is 2. The largest absolute Gasteiger partial charge is 0.490 e. The zero-order valence-corrected chi connectivity index (χ0v) is 19.2. The second-order valence-corrected chi connectivity index (χ2v) is 8.31. The Morgan fingerprint density at radius 2 is 1.81 bits per heavy atom. The molecule has 0 spiro atoms. The summed E-state index contributed by atoms with van der Waals surface area (Å²) in [6.07, 6.45) is 0. The van der Waals surface area contributed by atoms with E-state index in [2.05, 4.69) is 5.32 Å². The van der Waals surface area contributed by atoms with Crippen molar-refractivity contribution in [3.05, 3.63) is 62.7 Å². The van der Waals surface area contributed by atoms with Gasteiger partial charge in [-0.15, -0.1) is 11.8 Å². The van der Waals surface area contributed by atoms with Gasteiger partial charge in [0.25, 0.3) is 0 Å². The molecule has 2 aromatic rings. The summed E-state index contributed by atoms with van der Waals surface area (Å²) in [6.45, 7) is 5.81.